The molecular weight excluding hydrogens is 238 g/mol. The van der Waals surface area contributed by atoms with Gasteiger partial charge >= 0.3 is 0 Å². The third-order valence-corrected chi connectivity index (χ3v) is 5.36. The molecule has 1 saturated heterocycles. The molecule has 19 heavy (non-hydrogen) atoms. The van der Waals surface area contributed by atoms with E-state index in [9.17, 15) is 0 Å². The summed E-state index contributed by atoms with van der Waals surface area (Å²) in [6.45, 7) is 11.0. The van der Waals surface area contributed by atoms with Crippen LogP contribution < -0.4 is 11.3 Å². The van der Waals surface area contributed by atoms with Crippen molar-refractivity contribution in [1.29, 1.82) is 0 Å². The molecule has 1 aliphatic heterocycles. The van der Waals surface area contributed by atoms with E-state index in [0.29, 0.717) is 12.0 Å². The summed E-state index contributed by atoms with van der Waals surface area (Å²) in [7, 11) is 0. The maximum Gasteiger partial charge on any atom is 0.0871 e. The van der Waals surface area contributed by atoms with Crippen molar-refractivity contribution in [3.8, 4) is 0 Å². The molecule has 112 valence electrons. The molecular formula is C15H31N3O. The van der Waals surface area contributed by atoms with Crippen molar-refractivity contribution < 1.29 is 4.74 Å². The average molecular weight is 269 g/mol. The highest BCUT2D eigenvalue weighted by Gasteiger charge is 2.36. The summed E-state index contributed by atoms with van der Waals surface area (Å²) in [5, 5.41) is 0. The Morgan fingerprint density at radius 2 is 2.11 bits per heavy atom. The second kappa shape index (κ2) is 7.02. The zero-order valence-electron chi connectivity index (χ0n) is 12.8. The van der Waals surface area contributed by atoms with E-state index in [2.05, 4.69) is 31.1 Å². The van der Waals surface area contributed by atoms with E-state index in [1.807, 2.05) is 0 Å². The third-order valence-electron chi connectivity index (χ3n) is 5.36. The Morgan fingerprint density at radius 3 is 2.74 bits per heavy atom. The zero-order valence-corrected chi connectivity index (χ0v) is 12.8. The summed E-state index contributed by atoms with van der Waals surface area (Å²) >= 11 is 0. The first-order chi connectivity index (χ1) is 9.15. The minimum Gasteiger partial charge on any atom is -0.374 e. The molecule has 0 bridgehead atoms. The van der Waals surface area contributed by atoms with Gasteiger partial charge in [0.1, 0.15) is 0 Å². The maximum absolute atomic E-state index is 5.99. The fraction of sp³-hybridized carbons (Fsp3) is 1.00. The summed E-state index contributed by atoms with van der Waals surface area (Å²) in [6, 6.07) is 0.310. The van der Waals surface area contributed by atoms with E-state index >= 15 is 0 Å². The molecule has 0 aromatic rings. The average Bonchev–Trinajstić information content (AvgIpc) is 2.44. The number of hydrogen-bond donors (Lipinski definition) is 2. The Balaban J connectivity index is 1.95. The van der Waals surface area contributed by atoms with Crippen molar-refractivity contribution in [1.82, 2.24) is 10.3 Å². The molecule has 4 nitrogen and oxygen atoms in total. The van der Waals surface area contributed by atoms with E-state index in [4.69, 9.17) is 10.6 Å². The van der Waals surface area contributed by atoms with Crippen molar-refractivity contribution >= 4 is 0 Å². The molecule has 4 heteroatoms. The molecule has 1 saturated carbocycles. The van der Waals surface area contributed by atoms with Crippen molar-refractivity contribution in [2.75, 3.05) is 26.2 Å². The van der Waals surface area contributed by atoms with Crippen molar-refractivity contribution in [2.24, 2.45) is 23.6 Å². The molecule has 5 unspecified atom stereocenters. The molecule has 2 fully saturated rings. The minimum absolute atomic E-state index is 0.254. The third kappa shape index (κ3) is 3.69. The Labute approximate surface area is 118 Å². The van der Waals surface area contributed by atoms with Crippen LogP contribution in [0, 0.1) is 17.8 Å². The van der Waals surface area contributed by atoms with E-state index in [-0.39, 0.29) is 6.10 Å². The molecule has 0 aromatic heterocycles. The van der Waals surface area contributed by atoms with Gasteiger partial charge in [-0.1, -0.05) is 27.2 Å². The summed E-state index contributed by atoms with van der Waals surface area (Å²) in [4.78, 5) is 2.47. The van der Waals surface area contributed by atoms with Gasteiger partial charge in [0.2, 0.25) is 0 Å². The minimum atomic E-state index is 0.254. The Hall–Kier alpha value is -0.160. The van der Waals surface area contributed by atoms with Crippen LogP contribution in [-0.4, -0.2) is 43.3 Å². The number of hydrazine groups is 1. The standard InChI is InChI=1S/C15H31N3O/c1-4-18-7-8-19-14(10-18)15(17-16)13-6-5-11(2)12(3)9-13/h11-15,17H,4-10,16H2,1-3H3. The largest absolute Gasteiger partial charge is 0.374 e. The molecule has 2 aliphatic rings. The van der Waals surface area contributed by atoms with E-state index in [0.717, 1.165) is 38.1 Å². The summed E-state index contributed by atoms with van der Waals surface area (Å²) in [5.41, 5.74) is 3.07. The molecule has 0 radical (unpaired) electrons. The van der Waals surface area contributed by atoms with Gasteiger partial charge in [0.25, 0.3) is 0 Å². The molecule has 3 N–H and O–H groups in total. The number of rotatable bonds is 4. The van der Waals surface area contributed by atoms with Gasteiger partial charge in [-0.25, -0.2) is 0 Å². The molecule has 1 aliphatic carbocycles. The first-order valence-corrected chi connectivity index (χ1v) is 7.95. The quantitative estimate of drug-likeness (QED) is 0.601. The van der Waals surface area contributed by atoms with E-state index in [1.54, 1.807) is 0 Å². The lowest BCUT2D eigenvalue weighted by molar-refractivity contribution is -0.0611. The highest BCUT2D eigenvalue weighted by atomic mass is 16.5. The van der Waals surface area contributed by atoms with Gasteiger partial charge in [0, 0.05) is 13.1 Å². The lowest BCUT2D eigenvalue weighted by Gasteiger charge is -2.42. The molecule has 5 atom stereocenters. The maximum atomic E-state index is 5.99. The second-order valence-corrected chi connectivity index (χ2v) is 6.52. The smallest absolute Gasteiger partial charge is 0.0871 e. The number of nitrogens with one attached hydrogen (secondary N) is 1. The van der Waals surface area contributed by atoms with Gasteiger partial charge in [-0.3, -0.25) is 16.2 Å². The Kier molecular flexibility index (Phi) is 5.63. The molecule has 0 amide bonds. The van der Waals surface area contributed by atoms with Gasteiger partial charge in [0.15, 0.2) is 0 Å². The SMILES string of the molecule is CCN1CCOC(C(NN)C2CCC(C)C(C)C2)C1. The second-order valence-electron chi connectivity index (χ2n) is 6.52. The van der Waals surface area contributed by atoms with E-state index in [1.165, 1.54) is 19.3 Å². The lowest BCUT2D eigenvalue weighted by atomic mass is 9.72. The van der Waals surface area contributed by atoms with Gasteiger partial charge in [-0.2, -0.15) is 0 Å². The topological polar surface area (TPSA) is 50.5 Å². The van der Waals surface area contributed by atoms with Crippen LogP contribution in [0.3, 0.4) is 0 Å². The van der Waals surface area contributed by atoms with Crippen LogP contribution in [-0.2, 0) is 4.74 Å². The number of ether oxygens (including phenoxy) is 1. The fourth-order valence-electron chi connectivity index (χ4n) is 3.70. The lowest BCUT2D eigenvalue weighted by Crippen LogP contribution is -2.57. The van der Waals surface area contributed by atoms with Gasteiger partial charge < -0.3 is 4.74 Å². The Bertz CT molecular complexity index is 268. The predicted octanol–water partition coefficient (Wildman–Crippen LogP) is 1.61. The fourth-order valence-corrected chi connectivity index (χ4v) is 3.70. The first-order valence-electron chi connectivity index (χ1n) is 7.95. The molecule has 0 aromatic carbocycles. The molecule has 2 rings (SSSR count). The van der Waals surface area contributed by atoms with Crippen LogP contribution >= 0.6 is 0 Å². The van der Waals surface area contributed by atoms with Crippen molar-refractivity contribution in [3.05, 3.63) is 0 Å². The van der Waals surface area contributed by atoms with Gasteiger partial charge in [-0.05, 0) is 37.1 Å². The van der Waals surface area contributed by atoms with Crippen LogP contribution in [0.2, 0.25) is 0 Å². The molecule has 1 heterocycles. The van der Waals surface area contributed by atoms with Crippen LogP contribution in [0.25, 0.3) is 0 Å². The summed E-state index contributed by atoms with van der Waals surface area (Å²) in [6.07, 6.45) is 4.15. The summed E-state index contributed by atoms with van der Waals surface area (Å²) < 4.78 is 5.99. The highest BCUT2D eigenvalue weighted by molar-refractivity contribution is 4.90. The highest BCUT2D eigenvalue weighted by Crippen LogP contribution is 2.36. The normalized spacial score (nSPS) is 39.2. The summed E-state index contributed by atoms with van der Waals surface area (Å²) in [5.74, 6) is 8.18. The zero-order chi connectivity index (χ0) is 13.8. The first kappa shape index (κ1) is 15.2. The van der Waals surface area contributed by atoms with Crippen LogP contribution in [0.4, 0.5) is 0 Å². The van der Waals surface area contributed by atoms with Gasteiger partial charge in [-0.15, -0.1) is 0 Å². The van der Waals surface area contributed by atoms with E-state index < -0.39 is 0 Å². The Morgan fingerprint density at radius 1 is 1.32 bits per heavy atom. The number of nitrogens with two attached hydrogens (primary N) is 1. The van der Waals surface area contributed by atoms with Crippen molar-refractivity contribution in [3.63, 3.8) is 0 Å². The number of morpholine rings is 1. The number of nitrogens with zero attached hydrogens (tertiary/aromatic N) is 1. The molecule has 0 spiro atoms. The van der Waals surface area contributed by atoms with Crippen LogP contribution in [0.15, 0.2) is 0 Å². The number of likely N-dealkylation sites (N-methyl/N-ethyl adjacent to an activating group) is 1. The predicted molar refractivity (Wildman–Crippen MR) is 78.6 cm³/mol. The van der Waals surface area contributed by atoms with Gasteiger partial charge in [0.05, 0.1) is 18.8 Å². The van der Waals surface area contributed by atoms with Crippen LogP contribution in [0.5, 0.6) is 0 Å². The van der Waals surface area contributed by atoms with Crippen LogP contribution in [0.1, 0.15) is 40.0 Å². The monoisotopic (exact) mass is 269 g/mol. The van der Waals surface area contributed by atoms with Crippen molar-refractivity contribution in [2.45, 2.75) is 52.2 Å². The number of hydrogen-bond acceptors (Lipinski definition) is 4.